The second kappa shape index (κ2) is 6.89. The Bertz CT molecular complexity index is 1080. The van der Waals surface area contributed by atoms with Crippen LogP contribution >= 0.6 is 11.3 Å². The fraction of sp³-hybridized carbons (Fsp3) is 0.176. The van der Waals surface area contributed by atoms with Crippen LogP contribution in [0.25, 0.3) is 10.6 Å². The number of sulfonamides is 1. The molecule has 8 nitrogen and oxygen atoms in total. The largest absolute Gasteiger partial charge is 0.364 e. The van der Waals surface area contributed by atoms with Gasteiger partial charge in [-0.1, -0.05) is 29.4 Å². The molecule has 0 fully saturated rings. The van der Waals surface area contributed by atoms with E-state index in [1.807, 2.05) is 24.3 Å². The quantitative estimate of drug-likeness (QED) is 0.507. The number of rotatable bonds is 4. The van der Waals surface area contributed by atoms with Crippen molar-refractivity contribution in [3.05, 3.63) is 59.9 Å². The summed E-state index contributed by atoms with van der Waals surface area (Å²) in [5, 5.41) is 12.9. The fourth-order valence-corrected chi connectivity index (χ4v) is 6.06. The van der Waals surface area contributed by atoms with Crippen LogP contribution in [0.5, 0.6) is 0 Å². The lowest BCUT2D eigenvalue weighted by Gasteiger charge is -2.34. The molecule has 0 spiro atoms. The SMILES string of the molecule is O=C(NO)C1Cc2ccccc2CN1S(=O)(=O)c1ccc(-c2ccon2)s1. The molecular formula is C17H15N3O5S2. The van der Waals surface area contributed by atoms with Gasteiger partial charge in [-0.05, 0) is 29.7 Å². The van der Waals surface area contributed by atoms with Crippen LogP contribution in [0.15, 0.2) is 57.5 Å². The minimum atomic E-state index is -3.96. The summed E-state index contributed by atoms with van der Waals surface area (Å²) in [5.41, 5.74) is 3.83. The lowest BCUT2D eigenvalue weighted by atomic mass is 9.95. The van der Waals surface area contributed by atoms with Gasteiger partial charge in [-0.2, -0.15) is 4.31 Å². The molecule has 1 unspecified atom stereocenters. The van der Waals surface area contributed by atoms with E-state index >= 15 is 0 Å². The van der Waals surface area contributed by atoms with Crippen LogP contribution in [0, 0.1) is 0 Å². The number of hydroxylamine groups is 1. The van der Waals surface area contributed by atoms with E-state index in [0.717, 1.165) is 26.8 Å². The van der Waals surface area contributed by atoms with E-state index in [1.165, 1.54) is 12.3 Å². The van der Waals surface area contributed by atoms with Crippen LogP contribution in [0.3, 0.4) is 0 Å². The number of hydrogen-bond acceptors (Lipinski definition) is 7. The molecular weight excluding hydrogens is 390 g/mol. The molecule has 2 N–H and O–H groups in total. The van der Waals surface area contributed by atoms with Crippen molar-refractivity contribution in [2.75, 3.05) is 0 Å². The minimum Gasteiger partial charge on any atom is -0.364 e. The molecule has 0 saturated carbocycles. The zero-order valence-electron chi connectivity index (χ0n) is 13.9. The molecule has 4 rings (SSSR count). The van der Waals surface area contributed by atoms with Gasteiger partial charge in [0.05, 0.1) is 4.88 Å². The zero-order valence-corrected chi connectivity index (χ0v) is 15.5. The average molecular weight is 405 g/mol. The van der Waals surface area contributed by atoms with E-state index in [1.54, 1.807) is 17.6 Å². The van der Waals surface area contributed by atoms with Crippen molar-refractivity contribution in [1.82, 2.24) is 14.9 Å². The normalized spacial score (nSPS) is 17.4. The highest BCUT2D eigenvalue weighted by Gasteiger charge is 2.40. The maximum Gasteiger partial charge on any atom is 0.262 e. The summed E-state index contributed by atoms with van der Waals surface area (Å²) in [4.78, 5) is 12.8. The Morgan fingerprint density at radius 1 is 1.22 bits per heavy atom. The summed E-state index contributed by atoms with van der Waals surface area (Å²) < 4.78 is 32.5. The van der Waals surface area contributed by atoms with Gasteiger partial charge in [-0.3, -0.25) is 10.0 Å². The van der Waals surface area contributed by atoms with Crippen molar-refractivity contribution in [2.45, 2.75) is 23.2 Å². The van der Waals surface area contributed by atoms with Crippen LogP contribution in [0.2, 0.25) is 0 Å². The Morgan fingerprint density at radius 2 is 2.00 bits per heavy atom. The number of nitrogens with zero attached hydrogens (tertiary/aromatic N) is 2. The first-order valence-corrected chi connectivity index (χ1v) is 10.3. The molecule has 0 saturated heterocycles. The molecule has 1 aliphatic rings. The van der Waals surface area contributed by atoms with Crippen molar-refractivity contribution >= 4 is 27.3 Å². The first-order chi connectivity index (χ1) is 13.0. The summed E-state index contributed by atoms with van der Waals surface area (Å²) in [7, 11) is -3.96. The average Bonchev–Trinajstić information content (AvgIpc) is 3.37. The number of benzene rings is 1. The monoisotopic (exact) mass is 405 g/mol. The first-order valence-electron chi connectivity index (χ1n) is 8.04. The third-order valence-corrected chi connectivity index (χ3v) is 7.88. The highest BCUT2D eigenvalue weighted by atomic mass is 32.2. The van der Waals surface area contributed by atoms with Crippen molar-refractivity contribution in [3.63, 3.8) is 0 Å². The summed E-state index contributed by atoms with van der Waals surface area (Å²) >= 11 is 1.05. The lowest BCUT2D eigenvalue weighted by molar-refractivity contribution is -0.133. The topological polar surface area (TPSA) is 113 Å². The third-order valence-electron chi connectivity index (χ3n) is 4.45. The summed E-state index contributed by atoms with van der Waals surface area (Å²) in [6, 6.07) is 11.1. The van der Waals surface area contributed by atoms with E-state index in [2.05, 4.69) is 5.16 Å². The molecule has 27 heavy (non-hydrogen) atoms. The fourth-order valence-electron chi connectivity index (χ4n) is 3.10. The molecule has 2 aromatic heterocycles. The number of thiophene rings is 1. The Kier molecular flexibility index (Phi) is 4.56. The van der Waals surface area contributed by atoms with Gasteiger partial charge in [0.1, 0.15) is 22.2 Å². The minimum absolute atomic E-state index is 0.0494. The second-order valence-electron chi connectivity index (χ2n) is 6.02. The maximum absolute atomic E-state index is 13.2. The van der Waals surface area contributed by atoms with Crippen molar-refractivity contribution in [3.8, 4) is 10.6 Å². The molecule has 1 aromatic carbocycles. The smallest absolute Gasteiger partial charge is 0.262 e. The van der Waals surface area contributed by atoms with E-state index in [4.69, 9.17) is 9.73 Å². The van der Waals surface area contributed by atoms with Gasteiger partial charge in [0.15, 0.2) is 0 Å². The van der Waals surface area contributed by atoms with Crippen LogP contribution in [-0.2, 0) is 27.8 Å². The van der Waals surface area contributed by atoms with E-state index in [-0.39, 0.29) is 17.2 Å². The van der Waals surface area contributed by atoms with E-state index < -0.39 is 22.0 Å². The molecule has 0 aliphatic carbocycles. The van der Waals surface area contributed by atoms with Crippen molar-refractivity contribution in [2.24, 2.45) is 0 Å². The Morgan fingerprint density at radius 3 is 2.70 bits per heavy atom. The number of amides is 1. The van der Waals surface area contributed by atoms with E-state index in [9.17, 15) is 13.2 Å². The van der Waals surface area contributed by atoms with Crippen LogP contribution in [0.4, 0.5) is 0 Å². The van der Waals surface area contributed by atoms with Gasteiger partial charge in [0.25, 0.3) is 15.9 Å². The number of nitrogens with one attached hydrogen (secondary N) is 1. The number of hydrogen-bond donors (Lipinski definition) is 2. The van der Waals surface area contributed by atoms with Gasteiger partial charge in [0.2, 0.25) is 0 Å². The highest BCUT2D eigenvalue weighted by Crippen LogP contribution is 2.35. The van der Waals surface area contributed by atoms with Crippen LogP contribution in [-0.4, -0.2) is 35.0 Å². The molecule has 1 atom stereocenters. The number of fused-ring (bicyclic) bond motifs is 1. The van der Waals surface area contributed by atoms with Crippen molar-refractivity contribution < 1.29 is 22.9 Å². The molecule has 0 radical (unpaired) electrons. The van der Waals surface area contributed by atoms with Crippen LogP contribution in [0.1, 0.15) is 11.1 Å². The highest BCUT2D eigenvalue weighted by molar-refractivity contribution is 7.91. The molecule has 0 bridgehead atoms. The molecule has 1 amide bonds. The van der Waals surface area contributed by atoms with Gasteiger partial charge < -0.3 is 4.52 Å². The van der Waals surface area contributed by atoms with Gasteiger partial charge in [0, 0.05) is 12.6 Å². The predicted octanol–water partition coefficient (Wildman–Crippen LogP) is 2.02. The number of aromatic nitrogens is 1. The van der Waals surface area contributed by atoms with Crippen LogP contribution < -0.4 is 5.48 Å². The number of carbonyl (C=O) groups excluding carboxylic acids is 1. The summed E-state index contributed by atoms with van der Waals surface area (Å²) in [5.74, 6) is -0.763. The second-order valence-corrected chi connectivity index (χ2v) is 9.22. The molecule has 1 aliphatic heterocycles. The molecule has 3 heterocycles. The zero-order chi connectivity index (χ0) is 19.0. The Hall–Kier alpha value is -2.53. The molecule has 3 aromatic rings. The van der Waals surface area contributed by atoms with Gasteiger partial charge in [-0.15, -0.1) is 11.3 Å². The van der Waals surface area contributed by atoms with Gasteiger partial charge >= 0.3 is 0 Å². The Balaban J connectivity index is 1.73. The molecule has 10 heteroatoms. The van der Waals surface area contributed by atoms with Gasteiger partial charge in [-0.25, -0.2) is 13.9 Å². The number of carbonyl (C=O) groups is 1. The summed E-state index contributed by atoms with van der Waals surface area (Å²) in [6.07, 6.45) is 1.59. The first kappa shape index (κ1) is 17.9. The lowest BCUT2D eigenvalue weighted by Crippen LogP contribution is -2.51. The standard InChI is InChI=1S/C17H15N3O5S2/c21-17(18-22)14-9-11-3-1-2-4-12(11)10-20(14)27(23,24)16-6-5-15(26-16)13-7-8-25-19-13/h1-8,14,22H,9-10H2,(H,18,21). The van der Waals surface area contributed by atoms with E-state index in [0.29, 0.717) is 10.6 Å². The Labute approximate surface area is 159 Å². The van der Waals surface area contributed by atoms with Crippen molar-refractivity contribution in [1.29, 1.82) is 0 Å². The summed E-state index contributed by atoms with van der Waals surface area (Å²) in [6.45, 7) is 0.0494. The molecule has 140 valence electrons. The third kappa shape index (κ3) is 3.16. The predicted molar refractivity (Wildman–Crippen MR) is 96.4 cm³/mol. The maximum atomic E-state index is 13.2.